The lowest BCUT2D eigenvalue weighted by Gasteiger charge is -1.98. The van der Waals surface area contributed by atoms with E-state index in [0.717, 1.165) is 12.3 Å². The Kier molecular flexibility index (Phi) is 4.01. The van der Waals surface area contributed by atoms with Crippen molar-refractivity contribution in [3.63, 3.8) is 0 Å². The highest BCUT2D eigenvalue weighted by Gasteiger charge is 2.20. The number of hydrogen-bond acceptors (Lipinski definition) is 3. The highest BCUT2D eigenvalue weighted by atomic mass is 35.5. The molecule has 5 heteroatoms. The molecule has 3 nitrogen and oxygen atoms in total. The molecule has 1 heterocycles. The average Bonchev–Trinajstić information content (AvgIpc) is 2.12. The van der Waals surface area contributed by atoms with E-state index < -0.39 is 5.97 Å². The van der Waals surface area contributed by atoms with Crippen LogP contribution < -0.4 is 5.32 Å². The molecule has 1 aliphatic heterocycles. The average molecular weight is 170 g/mol. The smallest absolute Gasteiger partial charge is 0.331 e. The molecule has 0 aromatic heterocycles. The van der Waals surface area contributed by atoms with Crippen molar-refractivity contribution in [1.82, 2.24) is 5.32 Å². The molecule has 0 aliphatic carbocycles. The number of hydrogen-bond donors (Lipinski definition) is 2. The summed E-state index contributed by atoms with van der Waals surface area (Å²) in [5.74, 6) is 0.157. The number of aliphatic carboxylic acids is 1. The standard InChI is InChI=1S/C4H7NO2S.ClH/c6-4(7)3-5-1-2-8-3;/h3,5H,1-2H2,(H,6,7);1H. The Morgan fingerprint density at radius 2 is 2.44 bits per heavy atom. The zero-order chi connectivity index (χ0) is 5.98. The number of rotatable bonds is 1. The number of halogens is 1. The molecule has 54 valence electrons. The second kappa shape index (κ2) is 3.98. The maximum Gasteiger partial charge on any atom is 0.331 e. The van der Waals surface area contributed by atoms with Gasteiger partial charge >= 0.3 is 5.97 Å². The van der Waals surface area contributed by atoms with Gasteiger partial charge in [0.05, 0.1) is 0 Å². The van der Waals surface area contributed by atoms with Crippen LogP contribution in [0.2, 0.25) is 0 Å². The van der Waals surface area contributed by atoms with E-state index in [-0.39, 0.29) is 17.8 Å². The number of carbonyl (C=O) groups is 1. The van der Waals surface area contributed by atoms with E-state index in [9.17, 15) is 4.79 Å². The van der Waals surface area contributed by atoms with Crippen LogP contribution in [-0.4, -0.2) is 28.7 Å². The Morgan fingerprint density at radius 3 is 2.67 bits per heavy atom. The second-order valence-electron chi connectivity index (χ2n) is 1.54. The highest BCUT2D eigenvalue weighted by Crippen LogP contribution is 2.12. The van der Waals surface area contributed by atoms with Crippen molar-refractivity contribution in [2.75, 3.05) is 12.3 Å². The topological polar surface area (TPSA) is 49.3 Å². The molecule has 2 N–H and O–H groups in total. The van der Waals surface area contributed by atoms with Crippen LogP contribution in [0.1, 0.15) is 0 Å². The quantitative estimate of drug-likeness (QED) is 0.587. The maximum atomic E-state index is 10.1. The van der Waals surface area contributed by atoms with E-state index in [2.05, 4.69) is 5.32 Å². The molecule has 1 fully saturated rings. The molecular formula is C4H8ClNO2S. The van der Waals surface area contributed by atoms with Gasteiger partial charge in [-0.3, -0.25) is 5.32 Å². The number of carboxylic acid groups (broad SMARTS) is 1. The number of carboxylic acids is 1. The molecule has 1 saturated heterocycles. The minimum absolute atomic E-state index is 0. The number of thioether (sulfide) groups is 1. The van der Waals surface area contributed by atoms with Gasteiger partial charge in [0.15, 0.2) is 5.37 Å². The minimum Gasteiger partial charge on any atom is -0.479 e. The molecule has 1 rings (SSSR count). The predicted octanol–water partition coefficient (Wildman–Crippen LogP) is 0.155. The van der Waals surface area contributed by atoms with Crippen LogP contribution in [-0.2, 0) is 4.79 Å². The molecule has 1 aliphatic rings. The molecule has 0 bridgehead atoms. The normalized spacial score (nSPS) is 25.1. The van der Waals surface area contributed by atoms with Crippen LogP contribution in [0.25, 0.3) is 0 Å². The first kappa shape index (κ1) is 9.07. The molecule has 1 unspecified atom stereocenters. The SMILES string of the molecule is Cl.O=C(O)C1NCCS1. The first-order valence-corrected chi connectivity index (χ1v) is 3.43. The zero-order valence-electron chi connectivity index (χ0n) is 4.66. The minimum atomic E-state index is -0.757. The van der Waals surface area contributed by atoms with E-state index >= 15 is 0 Å². The van der Waals surface area contributed by atoms with E-state index in [1.54, 1.807) is 0 Å². The monoisotopic (exact) mass is 169 g/mol. The van der Waals surface area contributed by atoms with E-state index in [4.69, 9.17) is 5.11 Å². The maximum absolute atomic E-state index is 10.1. The van der Waals surface area contributed by atoms with Crippen molar-refractivity contribution < 1.29 is 9.90 Å². The summed E-state index contributed by atoms with van der Waals surface area (Å²) in [6.07, 6.45) is 0. The largest absolute Gasteiger partial charge is 0.479 e. The summed E-state index contributed by atoms with van der Waals surface area (Å²) < 4.78 is 0. The lowest BCUT2D eigenvalue weighted by atomic mass is 10.6. The summed E-state index contributed by atoms with van der Waals surface area (Å²) in [7, 11) is 0. The van der Waals surface area contributed by atoms with Gasteiger partial charge in [-0.15, -0.1) is 24.2 Å². The molecule has 1 atom stereocenters. The third-order valence-corrected chi connectivity index (χ3v) is 2.08. The molecule has 9 heavy (non-hydrogen) atoms. The van der Waals surface area contributed by atoms with Crippen LogP contribution in [0.3, 0.4) is 0 Å². The van der Waals surface area contributed by atoms with Crippen LogP contribution in [0.5, 0.6) is 0 Å². The lowest BCUT2D eigenvalue weighted by Crippen LogP contribution is -2.27. The van der Waals surface area contributed by atoms with Crippen LogP contribution in [0.4, 0.5) is 0 Å². The van der Waals surface area contributed by atoms with Gasteiger partial charge in [-0.2, -0.15) is 0 Å². The summed E-state index contributed by atoms with van der Waals surface area (Å²) in [6.45, 7) is 0.821. The summed E-state index contributed by atoms with van der Waals surface area (Å²) >= 11 is 1.44. The van der Waals surface area contributed by atoms with Gasteiger partial charge in [-0.25, -0.2) is 4.79 Å². The molecule has 0 aromatic carbocycles. The molecule has 0 saturated carbocycles. The summed E-state index contributed by atoms with van der Waals surface area (Å²) in [6, 6.07) is 0. The summed E-state index contributed by atoms with van der Waals surface area (Å²) in [5.41, 5.74) is 0. The Morgan fingerprint density at radius 1 is 1.78 bits per heavy atom. The van der Waals surface area contributed by atoms with Crippen molar-refractivity contribution >= 4 is 30.1 Å². The van der Waals surface area contributed by atoms with Crippen LogP contribution >= 0.6 is 24.2 Å². The van der Waals surface area contributed by atoms with E-state index in [1.165, 1.54) is 11.8 Å². The first-order valence-electron chi connectivity index (χ1n) is 2.38. The Balaban J connectivity index is 0.000000640. The Labute approximate surface area is 63.6 Å². The van der Waals surface area contributed by atoms with Gasteiger partial charge in [-0.05, 0) is 0 Å². The fraction of sp³-hybridized carbons (Fsp3) is 0.750. The molecule has 0 amide bonds. The van der Waals surface area contributed by atoms with Gasteiger partial charge in [-0.1, -0.05) is 0 Å². The van der Waals surface area contributed by atoms with Gasteiger partial charge in [0.2, 0.25) is 0 Å². The molecule has 0 spiro atoms. The molecule has 0 radical (unpaired) electrons. The van der Waals surface area contributed by atoms with E-state index in [0.29, 0.717) is 0 Å². The van der Waals surface area contributed by atoms with Gasteiger partial charge in [0.1, 0.15) is 0 Å². The predicted molar refractivity (Wildman–Crippen MR) is 39.1 cm³/mol. The van der Waals surface area contributed by atoms with Crippen LogP contribution in [0.15, 0.2) is 0 Å². The van der Waals surface area contributed by atoms with Crippen molar-refractivity contribution in [3.05, 3.63) is 0 Å². The number of nitrogens with one attached hydrogen (secondary N) is 1. The third kappa shape index (κ3) is 2.43. The van der Waals surface area contributed by atoms with Crippen molar-refractivity contribution in [2.24, 2.45) is 0 Å². The fourth-order valence-electron chi connectivity index (χ4n) is 0.584. The summed E-state index contributed by atoms with van der Waals surface area (Å²) in [4.78, 5) is 10.1. The van der Waals surface area contributed by atoms with E-state index in [1.807, 2.05) is 0 Å². The Bertz CT molecular complexity index is 105. The second-order valence-corrected chi connectivity index (χ2v) is 2.76. The fourth-order valence-corrected chi connectivity index (χ4v) is 1.43. The molecule has 0 aromatic rings. The van der Waals surface area contributed by atoms with Gasteiger partial charge in [0.25, 0.3) is 0 Å². The van der Waals surface area contributed by atoms with Gasteiger partial charge in [0, 0.05) is 12.3 Å². The van der Waals surface area contributed by atoms with Crippen LogP contribution in [0, 0.1) is 0 Å². The highest BCUT2D eigenvalue weighted by molar-refractivity contribution is 8.00. The van der Waals surface area contributed by atoms with Crippen molar-refractivity contribution in [3.8, 4) is 0 Å². The first-order chi connectivity index (χ1) is 3.80. The third-order valence-electron chi connectivity index (χ3n) is 0.941. The van der Waals surface area contributed by atoms with Crippen molar-refractivity contribution in [2.45, 2.75) is 5.37 Å². The van der Waals surface area contributed by atoms with Gasteiger partial charge < -0.3 is 5.11 Å². The molecular weight excluding hydrogens is 162 g/mol. The van der Waals surface area contributed by atoms with Crippen molar-refractivity contribution in [1.29, 1.82) is 0 Å². The zero-order valence-corrected chi connectivity index (χ0v) is 6.30. The Hall–Kier alpha value is 0.0700. The lowest BCUT2D eigenvalue weighted by molar-refractivity contribution is -0.136. The summed E-state index contributed by atoms with van der Waals surface area (Å²) in [5, 5.41) is 10.8.